The average molecular weight is 430 g/mol. The molecule has 2 rings (SSSR count). The zero-order valence-corrected chi connectivity index (χ0v) is 15.8. The fourth-order valence-corrected chi connectivity index (χ4v) is 10.2. The molecule has 2 nitrogen and oxygen atoms in total. The second-order valence-electron chi connectivity index (χ2n) is 4.13. The van der Waals surface area contributed by atoms with Crippen molar-refractivity contribution in [3.8, 4) is 0 Å². The summed E-state index contributed by atoms with van der Waals surface area (Å²) in [6, 6.07) is 21.1. The van der Waals surface area contributed by atoms with E-state index in [0.717, 1.165) is 0 Å². The van der Waals surface area contributed by atoms with Crippen molar-refractivity contribution in [2.45, 2.75) is 0 Å². The molecule has 0 spiro atoms. The Morgan fingerprint density at radius 1 is 0.750 bits per heavy atom. The standard InChI is InChI=1S/C15H19NOTe.2ClH/c1-16(2)18(17-3,14-10-6-4-7-11-14)15-12-8-5-9-13-15;;/h4-13H,1-3H3;2*1H. The third-order valence-corrected chi connectivity index (χ3v) is 12.4. The van der Waals surface area contributed by atoms with Crippen LogP contribution in [0.5, 0.6) is 0 Å². The van der Waals surface area contributed by atoms with Gasteiger partial charge in [0.05, 0.1) is 0 Å². The van der Waals surface area contributed by atoms with E-state index in [1.807, 2.05) is 19.2 Å². The molecule has 0 saturated carbocycles. The molecular weight excluding hydrogens is 409 g/mol. The van der Waals surface area contributed by atoms with Gasteiger partial charge in [-0.15, -0.1) is 24.8 Å². The molecule has 20 heavy (non-hydrogen) atoms. The quantitative estimate of drug-likeness (QED) is 0.692. The molecule has 0 aliphatic rings. The van der Waals surface area contributed by atoms with Crippen molar-refractivity contribution in [1.82, 2.24) is 3.15 Å². The number of benzene rings is 2. The van der Waals surface area contributed by atoms with Gasteiger partial charge >= 0.3 is 114 Å². The predicted molar refractivity (Wildman–Crippen MR) is 93.1 cm³/mol. The van der Waals surface area contributed by atoms with Crippen LogP contribution in [0.1, 0.15) is 0 Å². The minimum absolute atomic E-state index is 0. The van der Waals surface area contributed by atoms with Crippen molar-refractivity contribution in [1.29, 1.82) is 0 Å². The minimum Gasteiger partial charge on any atom is -0.147 e. The van der Waals surface area contributed by atoms with Crippen molar-refractivity contribution in [2.24, 2.45) is 0 Å². The van der Waals surface area contributed by atoms with Gasteiger partial charge in [0.1, 0.15) is 0 Å². The first-order valence-electron chi connectivity index (χ1n) is 5.88. The van der Waals surface area contributed by atoms with Crippen LogP contribution in [0.15, 0.2) is 60.7 Å². The van der Waals surface area contributed by atoms with Gasteiger partial charge in [0.2, 0.25) is 0 Å². The molecule has 0 radical (unpaired) electrons. The van der Waals surface area contributed by atoms with Gasteiger partial charge in [0.15, 0.2) is 0 Å². The van der Waals surface area contributed by atoms with Gasteiger partial charge in [-0.25, -0.2) is 0 Å². The molecule has 0 saturated heterocycles. The molecule has 2 aromatic carbocycles. The maximum atomic E-state index is 6.09. The third-order valence-electron chi connectivity index (χ3n) is 2.88. The van der Waals surface area contributed by atoms with Crippen molar-refractivity contribution >= 4 is 50.9 Å². The smallest absolute Gasteiger partial charge is 0.147 e. The summed E-state index contributed by atoms with van der Waals surface area (Å²) in [4.78, 5) is 0. The summed E-state index contributed by atoms with van der Waals surface area (Å²) in [5.74, 6) is 0. The van der Waals surface area contributed by atoms with E-state index < -0.39 is 18.9 Å². The molecule has 2 aromatic rings. The normalized spacial score (nSPS) is 11.4. The molecule has 0 aliphatic heterocycles. The Hall–Kier alpha value is -0.270. The summed E-state index contributed by atoms with van der Waals surface area (Å²) < 4.78 is 11.0. The van der Waals surface area contributed by atoms with Crippen molar-refractivity contribution in [3.63, 3.8) is 0 Å². The van der Waals surface area contributed by atoms with E-state index in [1.165, 1.54) is 7.22 Å². The molecule has 0 N–H and O–H groups in total. The first-order valence-corrected chi connectivity index (χ1v) is 10.2. The van der Waals surface area contributed by atoms with E-state index in [1.54, 1.807) is 0 Å². The second kappa shape index (κ2) is 8.89. The molecule has 5 heteroatoms. The fraction of sp³-hybridized carbons (Fsp3) is 0.200. The molecular formula is C15H21Cl2NOTe. The van der Waals surface area contributed by atoms with E-state index in [2.05, 4.69) is 65.8 Å². The first-order chi connectivity index (χ1) is 8.71. The van der Waals surface area contributed by atoms with Gasteiger partial charge in [-0.1, -0.05) is 0 Å². The summed E-state index contributed by atoms with van der Waals surface area (Å²) in [6.45, 7) is 0. The zero-order chi connectivity index (χ0) is 13.0. The molecule has 0 aromatic heterocycles. The van der Waals surface area contributed by atoms with E-state index in [9.17, 15) is 0 Å². The van der Waals surface area contributed by atoms with Crippen LogP contribution in [0.2, 0.25) is 0 Å². The number of halogens is 2. The van der Waals surface area contributed by atoms with E-state index in [0.29, 0.717) is 0 Å². The second-order valence-corrected chi connectivity index (χ2v) is 12.9. The zero-order valence-electron chi connectivity index (χ0n) is 11.9. The summed E-state index contributed by atoms with van der Waals surface area (Å²) in [6.07, 6.45) is 0. The van der Waals surface area contributed by atoms with Crippen molar-refractivity contribution < 1.29 is 3.10 Å². The monoisotopic (exact) mass is 431 g/mol. The van der Waals surface area contributed by atoms with Crippen molar-refractivity contribution in [3.05, 3.63) is 60.7 Å². The van der Waals surface area contributed by atoms with Crippen LogP contribution in [-0.2, 0) is 3.10 Å². The Labute approximate surface area is 138 Å². The van der Waals surface area contributed by atoms with Crippen LogP contribution in [0, 0.1) is 0 Å². The largest absolute Gasteiger partial charge is 0.147 e. The molecule has 0 atom stereocenters. The van der Waals surface area contributed by atoms with Crippen LogP contribution in [-0.4, -0.2) is 43.2 Å². The molecule has 0 aliphatic carbocycles. The Bertz CT molecular complexity index is 454. The van der Waals surface area contributed by atoms with Crippen LogP contribution in [0.25, 0.3) is 0 Å². The SMILES string of the molecule is CO[Te](c1ccccc1)(c1ccccc1)N(C)C.Cl.Cl. The van der Waals surface area contributed by atoms with Crippen LogP contribution in [0.3, 0.4) is 0 Å². The van der Waals surface area contributed by atoms with Crippen LogP contribution in [0.4, 0.5) is 0 Å². The summed E-state index contributed by atoms with van der Waals surface area (Å²) in [5.41, 5.74) is 0. The van der Waals surface area contributed by atoms with Crippen molar-refractivity contribution in [2.75, 3.05) is 21.2 Å². The minimum atomic E-state index is -2.90. The maximum Gasteiger partial charge on any atom is -0.147 e. The molecule has 0 heterocycles. The van der Waals surface area contributed by atoms with Crippen LogP contribution < -0.4 is 7.22 Å². The summed E-state index contributed by atoms with van der Waals surface area (Å²) in [5, 5.41) is 0. The Morgan fingerprint density at radius 3 is 1.35 bits per heavy atom. The van der Waals surface area contributed by atoms with Gasteiger partial charge in [-0.3, -0.25) is 0 Å². The van der Waals surface area contributed by atoms with Gasteiger partial charge in [0, 0.05) is 0 Å². The van der Waals surface area contributed by atoms with Gasteiger partial charge in [0.25, 0.3) is 0 Å². The molecule has 0 fully saturated rings. The molecule has 0 unspecified atom stereocenters. The maximum absolute atomic E-state index is 6.09. The first kappa shape index (κ1) is 19.7. The Kier molecular flexibility index (Phi) is 8.77. The molecule has 0 amide bonds. The number of rotatable bonds is 4. The average Bonchev–Trinajstić information content (AvgIpc) is 2.42. The van der Waals surface area contributed by atoms with E-state index in [-0.39, 0.29) is 24.8 Å². The van der Waals surface area contributed by atoms with Crippen LogP contribution >= 0.6 is 24.8 Å². The molecule has 112 valence electrons. The van der Waals surface area contributed by atoms with Gasteiger partial charge < -0.3 is 0 Å². The fourth-order valence-electron chi connectivity index (χ4n) is 2.11. The molecule has 0 bridgehead atoms. The predicted octanol–water partition coefficient (Wildman–Crippen LogP) is 2.29. The number of hydrogen-bond acceptors (Lipinski definition) is 2. The van der Waals surface area contributed by atoms with E-state index >= 15 is 0 Å². The summed E-state index contributed by atoms with van der Waals surface area (Å²) in [7, 11) is 6.07. The number of hydrogen-bond donors (Lipinski definition) is 0. The third kappa shape index (κ3) is 3.68. The number of nitrogens with zero attached hydrogens (tertiary/aromatic N) is 1. The van der Waals surface area contributed by atoms with E-state index in [4.69, 9.17) is 3.10 Å². The van der Waals surface area contributed by atoms with Gasteiger partial charge in [-0.2, -0.15) is 0 Å². The Balaban J connectivity index is 0.00000180. The Morgan fingerprint density at radius 2 is 1.10 bits per heavy atom. The topological polar surface area (TPSA) is 12.5 Å². The van der Waals surface area contributed by atoms with Gasteiger partial charge in [-0.05, 0) is 0 Å². The summed E-state index contributed by atoms with van der Waals surface area (Å²) >= 11 is -2.90.